The molecule has 1 saturated heterocycles. The molecule has 1 aromatic heterocycles. The van der Waals surface area contributed by atoms with Crippen LogP contribution in [0, 0.1) is 12.7 Å². The molecule has 2 aromatic carbocycles. The van der Waals surface area contributed by atoms with Crippen molar-refractivity contribution >= 4 is 32.8 Å². The maximum absolute atomic E-state index is 13.8. The molecule has 3 aromatic rings. The minimum absolute atomic E-state index is 0.00728. The van der Waals surface area contributed by atoms with Crippen molar-refractivity contribution in [3.63, 3.8) is 0 Å². The number of aryl methyl sites for hydroxylation is 1. The summed E-state index contributed by atoms with van der Waals surface area (Å²) in [6.07, 6.45) is 1.56. The van der Waals surface area contributed by atoms with Crippen LogP contribution >= 0.6 is 15.9 Å². The van der Waals surface area contributed by atoms with Gasteiger partial charge in [-0.25, -0.2) is 9.37 Å². The highest BCUT2D eigenvalue weighted by Gasteiger charge is 2.29. The van der Waals surface area contributed by atoms with Crippen molar-refractivity contribution in [3.05, 3.63) is 68.8 Å². The Balaban J connectivity index is 1.73. The molecule has 31 heavy (non-hydrogen) atoms. The second kappa shape index (κ2) is 8.02. The van der Waals surface area contributed by atoms with E-state index in [1.54, 1.807) is 6.07 Å². The van der Waals surface area contributed by atoms with Crippen LogP contribution in [0.25, 0.3) is 10.9 Å². The predicted molar refractivity (Wildman–Crippen MR) is 123 cm³/mol. The zero-order chi connectivity index (χ0) is 21.7. The van der Waals surface area contributed by atoms with E-state index in [4.69, 9.17) is 9.72 Å². The molecule has 0 N–H and O–H groups in total. The van der Waals surface area contributed by atoms with Gasteiger partial charge in [-0.2, -0.15) is 0 Å². The minimum atomic E-state index is -0.236. The van der Waals surface area contributed by atoms with Crippen LogP contribution in [0.2, 0.25) is 0 Å². The van der Waals surface area contributed by atoms with E-state index >= 15 is 0 Å². The number of benzene rings is 2. The van der Waals surface area contributed by atoms with Crippen LogP contribution in [0.3, 0.4) is 0 Å². The molecule has 3 heterocycles. The standard InChI is InChI=1S/C24H25BrFN3O2/c1-14-9-20(15(2)25)22-21(10-14)23(30)29(19-5-7-31-8-6-19)24(27-22)28-12-16-3-4-18(26)11-17(16)13-28/h3-4,9-11,15,19H,5-8,12-13H2,1-2H3. The minimum Gasteiger partial charge on any atom is -0.381 e. The monoisotopic (exact) mass is 485 g/mol. The zero-order valence-electron chi connectivity index (χ0n) is 17.7. The van der Waals surface area contributed by atoms with E-state index in [-0.39, 0.29) is 22.2 Å². The van der Waals surface area contributed by atoms with Crippen molar-refractivity contribution < 1.29 is 9.13 Å². The number of fused-ring (bicyclic) bond motifs is 2. The second-order valence-corrected chi connectivity index (χ2v) is 9.94. The van der Waals surface area contributed by atoms with Crippen LogP contribution in [0.4, 0.5) is 10.3 Å². The lowest BCUT2D eigenvalue weighted by Gasteiger charge is -2.30. The van der Waals surface area contributed by atoms with E-state index < -0.39 is 0 Å². The number of ether oxygens (including phenoxy) is 1. The molecule has 2 aliphatic heterocycles. The molecule has 0 bridgehead atoms. The first-order chi connectivity index (χ1) is 14.9. The Morgan fingerprint density at radius 3 is 2.65 bits per heavy atom. The van der Waals surface area contributed by atoms with Gasteiger partial charge in [0.15, 0.2) is 0 Å². The van der Waals surface area contributed by atoms with Crippen LogP contribution in [0.5, 0.6) is 0 Å². The number of nitrogens with zero attached hydrogens (tertiary/aromatic N) is 3. The molecule has 162 valence electrons. The Hall–Kier alpha value is -2.25. The molecule has 0 spiro atoms. The van der Waals surface area contributed by atoms with E-state index in [1.165, 1.54) is 6.07 Å². The SMILES string of the molecule is Cc1cc(C(C)Br)c2nc(N3Cc4ccc(F)cc4C3)n(C3CCOCC3)c(=O)c2c1. The van der Waals surface area contributed by atoms with Gasteiger partial charge in [0.2, 0.25) is 5.95 Å². The van der Waals surface area contributed by atoms with Gasteiger partial charge < -0.3 is 9.64 Å². The Kier molecular flexibility index (Phi) is 5.34. The third kappa shape index (κ3) is 3.68. The van der Waals surface area contributed by atoms with Crippen LogP contribution in [-0.4, -0.2) is 22.8 Å². The summed E-state index contributed by atoms with van der Waals surface area (Å²) in [7, 11) is 0. The summed E-state index contributed by atoms with van der Waals surface area (Å²) >= 11 is 3.68. The Morgan fingerprint density at radius 1 is 1.16 bits per heavy atom. The number of halogens is 2. The number of aromatic nitrogens is 2. The van der Waals surface area contributed by atoms with Gasteiger partial charge in [-0.1, -0.05) is 28.1 Å². The molecule has 1 fully saturated rings. The van der Waals surface area contributed by atoms with Crippen LogP contribution in [0.1, 0.15) is 52.9 Å². The largest absolute Gasteiger partial charge is 0.381 e. The van der Waals surface area contributed by atoms with Gasteiger partial charge in [0.05, 0.1) is 10.9 Å². The molecule has 0 saturated carbocycles. The summed E-state index contributed by atoms with van der Waals surface area (Å²) in [5, 5.41) is 0.652. The molecule has 0 amide bonds. The van der Waals surface area contributed by atoms with Crippen molar-refractivity contribution in [2.24, 2.45) is 0 Å². The summed E-state index contributed by atoms with van der Waals surface area (Å²) in [4.78, 5) is 21.1. The van der Waals surface area contributed by atoms with E-state index in [2.05, 4.69) is 26.9 Å². The van der Waals surface area contributed by atoms with Crippen LogP contribution in [0.15, 0.2) is 35.1 Å². The van der Waals surface area contributed by atoms with Gasteiger partial charge in [-0.3, -0.25) is 9.36 Å². The molecule has 1 unspecified atom stereocenters. The molecule has 5 nitrogen and oxygen atoms in total. The summed E-state index contributed by atoms with van der Waals surface area (Å²) in [6, 6.07) is 8.98. The molecule has 5 rings (SSSR count). The normalized spacial score (nSPS) is 17.9. The van der Waals surface area contributed by atoms with Crippen molar-refractivity contribution in [1.29, 1.82) is 0 Å². The summed E-state index contributed by atoms with van der Waals surface area (Å²) in [6.45, 7) is 6.49. The van der Waals surface area contributed by atoms with Gasteiger partial charge in [0, 0.05) is 37.2 Å². The third-order valence-electron chi connectivity index (χ3n) is 6.32. The van der Waals surface area contributed by atoms with E-state index in [0.717, 1.165) is 40.6 Å². The number of hydrogen-bond acceptors (Lipinski definition) is 4. The predicted octanol–water partition coefficient (Wildman–Crippen LogP) is 5.17. The maximum Gasteiger partial charge on any atom is 0.263 e. The Bertz CT molecular complexity index is 1220. The summed E-state index contributed by atoms with van der Waals surface area (Å²) < 4.78 is 21.2. The third-order valence-corrected chi connectivity index (χ3v) is 6.81. The van der Waals surface area contributed by atoms with E-state index in [9.17, 15) is 9.18 Å². The molecule has 0 aliphatic carbocycles. The van der Waals surface area contributed by atoms with Gasteiger partial charge >= 0.3 is 0 Å². The van der Waals surface area contributed by atoms with Gasteiger partial charge in [-0.15, -0.1) is 0 Å². The van der Waals surface area contributed by atoms with Gasteiger partial charge in [-0.05, 0) is 67.1 Å². The number of hydrogen-bond donors (Lipinski definition) is 0. The fourth-order valence-electron chi connectivity index (χ4n) is 4.77. The molecule has 0 radical (unpaired) electrons. The van der Waals surface area contributed by atoms with Gasteiger partial charge in [0.25, 0.3) is 5.56 Å². The fraction of sp³-hybridized carbons (Fsp3) is 0.417. The van der Waals surface area contributed by atoms with Crippen LogP contribution in [-0.2, 0) is 17.8 Å². The highest BCUT2D eigenvalue weighted by atomic mass is 79.9. The Morgan fingerprint density at radius 2 is 1.90 bits per heavy atom. The molecule has 2 aliphatic rings. The van der Waals surface area contributed by atoms with Crippen molar-refractivity contribution in [2.45, 2.75) is 50.6 Å². The average molecular weight is 486 g/mol. The topological polar surface area (TPSA) is 47.4 Å². The van der Waals surface area contributed by atoms with Crippen molar-refractivity contribution in [3.8, 4) is 0 Å². The molecular formula is C24H25BrFN3O2. The van der Waals surface area contributed by atoms with E-state index in [0.29, 0.717) is 37.6 Å². The highest BCUT2D eigenvalue weighted by Crippen LogP contribution is 2.34. The summed E-state index contributed by atoms with van der Waals surface area (Å²) in [5.41, 5.74) is 4.81. The van der Waals surface area contributed by atoms with Crippen molar-refractivity contribution in [1.82, 2.24) is 9.55 Å². The molecule has 1 atom stereocenters. The number of rotatable bonds is 3. The van der Waals surface area contributed by atoms with Crippen LogP contribution < -0.4 is 10.5 Å². The zero-order valence-corrected chi connectivity index (χ0v) is 19.3. The molecular weight excluding hydrogens is 461 g/mol. The van der Waals surface area contributed by atoms with Gasteiger partial charge in [0.1, 0.15) is 5.82 Å². The lowest BCUT2D eigenvalue weighted by atomic mass is 10.0. The number of anilines is 1. The first-order valence-electron chi connectivity index (χ1n) is 10.7. The lowest BCUT2D eigenvalue weighted by Crippen LogP contribution is -2.35. The molecule has 7 heteroatoms. The average Bonchev–Trinajstić information content (AvgIpc) is 3.17. The first-order valence-corrected chi connectivity index (χ1v) is 11.6. The Labute approximate surface area is 189 Å². The smallest absolute Gasteiger partial charge is 0.263 e. The second-order valence-electron chi connectivity index (χ2n) is 8.57. The quantitative estimate of drug-likeness (QED) is 0.480. The lowest BCUT2D eigenvalue weighted by molar-refractivity contribution is 0.0688. The summed E-state index contributed by atoms with van der Waals surface area (Å²) in [5.74, 6) is 0.430. The highest BCUT2D eigenvalue weighted by molar-refractivity contribution is 9.09. The maximum atomic E-state index is 13.8. The van der Waals surface area contributed by atoms with E-state index in [1.807, 2.05) is 30.5 Å². The fourth-order valence-corrected chi connectivity index (χ4v) is 5.12. The van der Waals surface area contributed by atoms with Crippen molar-refractivity contribution in [2.75, 3.05) is 18.1 Å². The first kappa shape index (κ1) is 20.6. The number of alkyl halides is 1.